The first-order valence-electron chi connectivity index (χ1n) is 7.05. The van der Waals surface area contributed by atoms with Gasteiger partial charge in [0.05, 0.1) is 18.2 Å². The number of carbonyl (C=O) groups excluding carboxylic acids is 1. The van der Waals surface area contributed by atoms with Gasteiger partial charge in [0.15, 0.2) is 0 Å². The number of thiazole rings is 1. The Morgan fingerprint density at radius 3 is 2.74 bits per heavy atom. The number of aromatic nitrogens is 1. The number of rotatable bonds is 4. The van der Waals surface area contributed by atoms with E-state index in [0.29, 0.717) is 12.3 Å². The fourth-order valence-electron chi connectivity index (χ4n) is 2.25. The minimum Gasteiger partial charge on any atom is -0.342 e. The van der Waals surface area contributed by atoms with Crippen molar-refractivity contribution in [2.75, 3.05) is 13.1 Å². The van der Waals surface area contributed by atoms with E-state index in [-0.39, 0.29) is 11.9 Å². The average molecular weight is 281 g/mol. The van der Waals surface area contributed by atoms with Gasteiger partial charge in [-0.25, -0.2) is 4.98 Å². The summed E-state index contributed by atoms with van der Waals surface area (Å²) in [6.45, 7) is 5.98. The van der Waals surface area contributed by atoms with Crippen LogP contribution in [-0.4, -0.2) is 28.9 Å². The van der Waals surface area contributed by atoms with Crippen LogP contribution in [0, 0.1) is 5.92 Å². The van der Waals surface area contributed by atoms with Crippen molar-refractivity contribution in [2.24, 2.45) is 11.7 Å². The van der Waals surface area contributed by atoms with Gasteiger partial charge < -0.3 is 10.6 Å². The van der Waals surface area contributed by atoms with Crippen molar-refractivity contribution >= 4 is 17.2 Å². The Morgan fingerprint density at radius 2 is 2.11 bits per heavy atom. The number of piperidine rings is 1. The maximum Gasteiger partial charge on any atom is 0.228 e. The highest BCUT2D eigenvalue weighted by Crippen LogP contribution is 2.23. The Labute approximate surface area is 119 Å². The Kier molecular flexibility index (Phi) is 4.93. The SMILES string of the molecule is CC(C)C(N)c1nc(CC(=O)N2CCCCC2)cs1. The molecule has 0 spiro atoms. The molecule has 2 N–H and O–H groups in total. The Balaban J connectivity index is 1.94. The van der Waals surface area contributed by atoms with Crippen LogP contribution in [0.15, 0.2) is 5.38 Å². The topological polar surface area (TPSA) is 59.2 Å². The summed E-state index contributed by atoms with van der Waals surface area (Å²) in [7, 11) is 0. The number of nitrogens with zero attached hydrogens (tertiary/aromatic N) is 2. The average Bonchev–Trinajstić information content (AvgIpc) is 2.87. The highest BCUT2D eigenvalue weighted by atomic mass is 32.1. The molecule has 1 aromatic heterocycles. The zero-order valence-electron chi connectivity index (χ0n) is 11.8. The number of nitrogens with two attached hydrogens (primary N) is 1. The van der Waals surface area contributed by atoms with Gasteiger partial charge in [-0.15, -0.1) is 11.3 Å². The van der Waals surface area contributed by atoms with Gasteiger partial charge in [-0.1, -0.05) is 13.8 Å². The molecule has 1 saturated heterocycles. The van der Waals surface area contributed by atoms with E-state index < -0.39 is 0 Å². The lowest BCUT2D eigenvalue weighted by Gasteiger charge is -2.26. The molecule has 0 radical (unpaired) electrons. The van der Waals surface area contributed by atoms with Crippen molar-refractivity contribution < 1.29 is 4.79 Å². The van der Waals surface area contributed by atoms with E-state index in [0.717, 1.165) is 36.6 Å². The molecule has 0 saturated carbocycles. The second-order valence-electron chi connectivity index (χ2n) is 5.57. The van der Waals surface area contributed by atoms with Crippen molar-refractivity contribution in [3.05, 3.63) is 16.1 Å². The normalized spacial score (nSPS) is 17.8. The summed E-state index contributed by atoms with van der Waals surface area (Å²) < 4.78 is 0. The molecule has 4 nitrogen and oxygen atoms in total. The van der Waals surface area contributed by atoms with Crippen LogP contribution in [0.1, 0.15) is 49.9 Å². The third-order valence-corrected chi connectivity index (χ3v) is 4.61. The number of hydrogen-bond donors (Lipinski definition) is 1. The summed E-state index contributed by atoms with van der Waals surface area (Å²) in [6.07, 6.45) is 3.92. The predicted octanol–water partition coefficient (Wildman–Crippen LogP) is 2.35. The molecule has 1 aliphatic heterocycles. The summed E-state index contributed by atoms with van der Waals surface area (Å²) in [6, 6.07) is -0.0242. The molecule has 1 aromatic rings. The minimum atomic E-state index is -0.0242. The first-order valence-corrected chi connectivity index (χ1v) is 7.93. The van der Waals surface area contributed by atoms with Crippen molar-refractivity contribution in [1.29, 1.82) is 0 Å². The monoisotopic (exact) mass is 281 g/mol. The molecule has 1 atom stereocenters. The summed E-state index contributed by atoms with van der Waals surface area (Å²) in [4.78, 5) is 18.6. The molecule has 1 unspecified atom stereocenters. The summed E-state index contributed by atoms with van der Waals surface area (Å²) in [5.74, 6) is 0.575. The third kappa shape index (κ3) is 3.76. The zero-order chi connectivity index (χ0) is 13.8. The molecular weight excluding hydrogens is 258 g/mol. The number of hydrogen-bond acceptors (Lipinski definition) is 4. The Hall–Kier alpha value is -0.940. The van der Waals surface area contributed by atoms with Gasteiger partial charge in [0.1, 0.15) is 5.01 Å². The summed E-state index contributed by atoms with van der Waals surface area (Å²) in [5, 5.41) is 2.91. The fourth-order valence-corrected chi connectivity index (χ4v) is 3.24. The molecule has 2 rings (SSSR count). The molecule has 2 heterocycles. The van der Waals surface area contributed by atoms with Crippen LogP contribution in [-0.2, 0) is 11.2 Å². The molecule has 1 amide bonds. The molecule has 5 heteroatoms. The molecule has 19 heavy (non-hydrogen) atoms. The quantitative estimate of drug-likeness (QED) is 0.921. The first-order chi connectivity index (χ1) is 9.08. The Morgan fingerprint density at radius 1 is 1.42 bits per heavy atom. The lowest BCUT2D eigenvalue weighted by Crippen LogP contribution is -2.36. The lowest BCUT2D eigenvalue weighted by molar-refractivity contribution is -0.131. The minimum absolute atomic E-state index is 0.0242. The van der Waals surface area contributed by atoms with Crippen LogP contribution in [0.4, 0.5) is 0 Å². The molecule has 0 bridgehead atoms. The summed E-state index contributed by atoms with van der Waals surface area (Å²) >= 11 is 1.57. The van der Waals surface area contributed by atoms with Crippen molar-refractivity contribution in [3.8, 4) is 0 Å². The zero-order valence-corrected chi connectivity index (χ0v) is 12.6. The van der Waals surface area contributed by atoms with Crippen molar-refractivity contribution in [3.63, 3.8) is 0 Å². The molecular formula is C14H23N3OS. The largest absolute Gasteiger partial charge is 0.342 e. The van der Waals surface area contributed by atoms with E-state index >= 15 is 0 Å². The van der Waals surface area contributed by atoms with Gasteiger partial charge in [0.2, 0.25) is 5.91 Å². The number of likely N-dealkylation sites (tertiary alicyclic amines) is 1. The predicted molar refractivity (Wildman–Crippen MR) is 78.0 cm³/mol. The van der Waals surface area contributed by atoms with Crippen molar-refractivity contribution in [2.45, 2.75) is 45.6 Å². The standard InChI is InChI=1S/C14H23N3OS/c1-10(2)13(15)14-16-11(9-19-14)8-12(18)17-6-4-3-5-7-17/h9-10,13H,3-8,15H2,1-2H3. The molecule has 0 aliphatic carbocycles. The fraction of sp³-hybridized carbons (Fsp3) is 0.714. The van der Waals surface area contributed by atoms with Crippen LogP contribution in [0.3, 0.4) is 0 Å². The van der Waals surface area contributed by atoms with Gasteiger partial charge >= 0.3 is 0 Å². The lowest BCUT2D eigenvalue weighted by atomic mass is 10.1. The van der Waals surface area contributed by atoms with E-state index in [9.17, 15) is 4.79 Å². The van der Waals surface area contributed by atoms with Gasteiger partial charge in [0, 0.05) is 18.5 Å². The third-order valence-electron chi connectivity index (χ3n) is 3.61. The van der Waals surface area contributed by atoms with Gasteiger partial charge in [0.25, 0.3) is 0 Å². The van der Waals surface area contributed by atoms with E-state index in [1.807, 2.05) is 10.3 Å². The van der Waals surface area contributed by atoms with Crippen LogP contribution >= 0.6 is 11.3 Å². The Bertz CT molecular complexity index is 424. The second-order valence-corrected chi connectivity index (χ2v) is 6.45. The molecule has 106 valence electrons. The van der Waals surface area contributed by atoms with Crippen LogP contribution < -0.4 is 5.73 Å². The van der Waals surface area contributed by atoms with E-state index in [1.54, 1.807) is 11.3 Å². The van der Waals surface area contributed by atoms with E-state index in [1.165, 1.54) is 6.42 Å². The molecule has 0 aromatic carbocycles. The second kappa shape index (κ2) is 6.48. The summed E-state index contributed by atoms with van der Waals surface area (Å²) in [5.41, 5.74) is 6.94. The van der Waals surface area contributed by atoms with Crippen LogP contribution in [0.25, 0.3) is 0 Å². The number of carbonyl (C=O) groups is 1. The van der Waals surface area contributed by atoms with Crippen LogP contribution in [0.2, 0.25) is 0 Å². The van der Waals surface area contributed by atoms with Gasteiger partial charge in [-0.05, 0) is 25.2 Å². The molecule has 1 aliphatic rings. The highest BCUT2D eigenvalue weighted by molar-refractivity contribution is 7.09. The maximum absolute atomic E-state index is 12.1. The maximum atomic E-state index is 12.1. The smallest absolute Gasteiger partial charge is 0.228 e. The van der Waals surface area contributed by atoms with Gasteiger partial charge in [-0.2, -0.15) is 0 Å². The van der Waals surface area contributed by atoms with Crippen LogP contribution in [0.5, 0.6) is 0 Å². The van der Waals surface area contributed by atoms with E-state index in [4.69, 9.17) is 5.73 Å². The van der Waals surface area contributed by atoms with Crippen molar-refractivity contribution in [1.82, 2.24) is 9.88 Å². The first kappa shape index (κ1) is 14.5. The van der Waals surface area contributed by atoms with Gasteiger partial charge in [-0.3, -0.25) is 4.79 Å². The van der Waals surface area contributed by atoms with E-state index in [2.05, 4.69) is 18.8 Å². The number of amides is 1. The molecule has 1 fully saturated rings. The highest BCUT2D eigenvalue weighted by Gasteiger charge is 2.19.